The van der Waals surface area contributed by atoms with Crippen LogP contribution < -0.4 is 5.32 Å². The molecule has 5 heteroatoms. The van der Waals surface area contributed by atoms with Gasteiger partial charge in [-0.05, 0) is 42.0 Å². The molecule has 19 heavy (non-hydrogen) atoms. The van der Waals surface area contributed by atoms with Gasteiger partial charge in [-0.2, -0.15) is 0 Å². The second kappa shape index (κ2) is 6.30. The Morgan fingerprint density at radius 1 is 1.16 bits per heavy atom. The molecule has 98 valence electrons. The standard InChI is InChI=1S/C14H10Br2FNO/c15-11-3-1-2-9(6-11)14(19)18-8-10-7-12(17)4-5-13(10)16/h1-7H,8H2,(H,18,19). The molecule has 0 radical (unpaired) electrons. The van der Waals surface area contributed by atoms with Gasteiger partial charge >= 0.3 is 0 Å². The molecule has 0 saturated carbocycles. The highest BCUT2D eigenvalue weighted by Gasteiger charge is 2.07. The molecule has 0 saturated heterocycles. The number of hydrogen-bond acceptors (Lipinski definition) is 1. The van der Waals surface area contributed by atoms with Crippen LogP contribution in [0.25, 0.3) is 0 Å². The van der Waals surface area contributed by atoms with Crippen molar-refractivity contribution in [2.45, 2.75) is 6.54 Å². The number of hydrogen-bond donors (Lipinski definition) is 1. The lowest BCUT2D eigenvalue weighted by Gasteiger charge is -2.07. The van der Waals surface area contributed by atoms with Gasteiger partial charge in [0.25, 0.3) is 5.91 Å². The van der Waals surface area contributed by atoms with Crippen LogP contribution in [0.2, 0.25) is 0 Å². The molecule has 0 fully saturated rings. The smallest absolute Gasteiger partial charge is 0.251 e. The summed E-state index contributed by atoms with van der Waals surface area (Å²) >= 11 is 6.63. The van der Waals surface area contributed by atoms with Crippen molar-refractivity contribution in [3.05, 3.63) is 68.4 Å². The lowest BCUT2D eigenvalue weighted by atomic mass is 10.2. The van der Waals surface area contributed by atoms with E-state index in [-0.39, 0.29) is 18.3 Å². The zero-order valence-corrected chi connectivity index (χ0v) is 13.0. The second-order valence-corrected chi connectivity index (χ2v) is 5.70. The normalized spacial score (nSPS) is 10.3. The SMILES string of the molecule is O=C(NCc1cc(F)ccc1Br)c1cccc(Br)c1. The lowest BCUT2D eigenvalue weighted by molar-refractivity contribution is 0.0950. The maximum Gasteiger partial charge on any atom is 0.251 e. The van der Waals surface area contributed by atoms with Gasteiger partial charge in [0.2, 0.25) is 0 Å². The molecule has 0 atom stereocenters. The number of halogens is 3. The summed E-state index contributed by atoms with van der Waals surface area (Å²) in [6, 6.07) is 11.5. The van der Waals surface area contributed by atoms with Crippen LogP contribution in [0.3, 0.4) is 0 Å². The number of amides is 1. The molecule has 0 aliphatic heterocycles. The van der Waals surface area contributed by atoms with Gasteiger partial charge in [-0.25, -0.2) is 4.39 Å². The minimum Gasteiger partial charge on any atom is -0.348 e. The van der Waals surface area contributed by atoms with Gasteiger partial charge in [-0.15, -0.1) is 0 Å². The van der Waals surface area contributed by atoms with Gasteiger partial charge in [0.05, 0.1) is 0 Å². The molecule has 0 aliphatic rings. The summed E-state index contributed by atoms with van der Waals surface area (Å²) in [5.74, 6) is -0.521. The van der Waals surface area contributed by atoms with Crippen LogP contribution in [0, 0.1) is 5.82 Å². The maximum atomic E-state index is 13.1. The third-order valence-corrected chi connectivity index (χ3v) is 3.80. The summed E-state index contributed by atoms with van der Waals surface area (Å²) in [7, 11) is 0. The van der Waals surface area contributed by atoms with Crippen molar-refractivity contribution >= 4 is 37.8 Å². The largest absolute Gasteiger partial charge is 0.348 e. The minimum absolute atomic E-state index is 0.197. The Balaban J connectivity index is 2.06. The topological polar surface area (TPSA) is 29.1 Å². The van der Waals surface area contributed by atoms with Crippen LogP contribution in [0.4, 0.5) is 4.39 Å². The highest BCUT2D eigenvalue weighted by atomic mass is 79.9. The van der Waals surface area contributed by atoms with Crippen molar-refractivity contribution in [3.63, 3.8) is 0 Å². The summed E-state index contributed by atoms with van der Waals surface area (Å²) in [6.07, 6.45) is 0. The van der Waals surface area contributed by atoms with Gasteiger partial charge in [0, 0.05) is 21.1 Å². The van der Waals surface area contributed by atoms with Gasteiger partial charge in [0.15, 0.2) is 0 Å². The van der Waals surface area contributed by atoms with Crippen LogP contribution in [0.15, 0.2) is 51.4 Å². The quantitative estimate of drug-likeness (QED) is 0.837. The van der Waals surface area contributed by atoms with E-state index >= 15 is 0 Å². The first kappa shape index (κ1) is 14.2. The van der Waals surface area contributed by atoms with Crippen LogP contribution >= 0.6 is 31.9 Å². The number of rotatable bonds is 3. The van der Waals surface area contributed by atoms with Gasteiger partial charge < -0.3 is 5.32 Å². The zero-order chi connectivity index (χ0) is 13.8. The summed E-state index contributed by atoms with van der Waals surface area (Å²) in [5.41, 5.74) is 1.25. The third kappa shape index (κ3) is 3.88. The minimum atomic E-state index is -0.324. The van der Waals surface area contributed by atoms with Gasteiger partial charge in [-0.1, -0.05) is 37.9 Å². The Kier molecular flexibility index (Phi) is 4.71. The molecule has 1 amide bonds. The first-order valence-corrected chi connectivity index (χ1v) is 7.12. The predicted octanol–water partition coefficient (Wildman–Crippen LogP) is 4.28. The van der Waals surface area contributed by atoms with E-state index in [0.29, 0.717) is 11.1 Å². The molecule has 0 spiro atoms. The maximum absolute atomic E-state index is 13.1. The second-order valence-electron chi connectivity index (χ2n) is 3.93. The van der Waals surface area contributed by atoms with Crippen molar-refractivity contribution in [3.8, 4) is 0 Å². The first-order valence-electron chi connectivity index (χ1n) is 5.54. The molecule has 2 nitrogen and oxygen atoms in total. The fourth-order valence-electron chi connectivity index (χ4n) is 1.59. The van der Waals surface area contributed by atoms with Crippen molar-refractivity contribution in [1.29, 1.82) is 0 Å². The Morgan fingerprint density at radius 3 is 2.68 bits per heavy atom. The Morgan fingerprint density at radius 2 is 1.95 bits per heavy atom. The van der Waals surface area contributed by atoms with Crippen molar-refractivity contribution in [2.24, 2.45) is 0 Å². The molecule has 2 aromatic carbocycles. The molecule has 0 bridgehead atoms. The van der Waals surface area contributed by atoms with E-state index < -0.39 is 0 Å². The molecular formula is C14H10Br2FNO. The van der Waals surface area contributed by atoms with E-state index in [2.05, 4.69) is 37.2 Å². The zero-order valence-electron chi connectivity index (χ0n) is 9.79. The third-order valence-electron chi connectivity index (χ3n) is 2.53. The Hall–Kier alpha value is -1.20. The Bertz CT molecular complexity index is 616. The number of carbonyl (C=O) groups excluding carboxylic acids is 1. The van der Waals surface area contributed by atoms with E-state index in [9.17, 15) is 9.18 Å². The monoisotopic (exact) mass is 385 g/mol. The lowest BCUT2D eigenvalue weighted by Crippen LogP contribution is -2.23. The van der Waals surface area contributed by atoms with Crippen molar-refractivity contribution in [2.75, 3.05) is 0 Å². The average molecular weight is 387 g/mol. The number of nitrogens with one attached hydrogen (secondary N) is 1. The highest BCUT2D eigenvalue weighted by Crippen LogP contribution is 2.18. The number of carbonyl (C=O) groups is 1. The van der Waals surface area contributed by atoms with Crippen LogP contribution in [0.1, 0.15) is 15.9 Å². The first-order chi connectivity index (χ1) is 9.06. The molecule has 0 heterocycles. The van der Waals surface area contributed by atoms with E-state index in [1.807, 2.05) is 6.07 Å². The summed E-state index contributed by atoms with van der Waals surface area (Å²) < 4.78 is 14.7. The molecule has 0 aromatic heterocycles. The molecular weight excluding hydrogens is 377 g/mol. The fourth-order valence-corrected chi connectivity index (χ4v) is 2.37. The molecule has 2 aromatic rings. The summed E-state index contributed by atoms with van der Waals surface area (Å²) in [5, 5.41) is 2.75. The summed E-state index contributed by atoms with van der Waals surface area (Å²) in [4.78, 5) is 11.9. The van der Waals surface area contributed by atoms with Crippen molar-refractivity contribution in [1.82, 2.24) is 5.32 Å². The van der Waals surface area contributed by atoms with Crippen LogP contribution in [-0.4, -0.2) is 5.91 Å². The number of benzene rings is 2. The van der Waals surface area contributed by atoms with Gasteiger partial charge in [0.1, 0.15) is 5.82 Å². The van der Waals surface area contributed by atoms with E-state index in [1.165, 1.54) is 12.1 Å². The van der Waals surface area contributed by atoms with Crippen LogP contribution in [-0.2, 0) is 6.54 Å². The molecule has 0 unspecified atom stereocenters. The average Bonchev–Trinajstić information content (AvgIpc) is 2.39. The van der Waals surface area contributed by atoms with Crippen molar-refractivity contribution < 1.29 is 9.18 Å². The van der Waals surface area contributed by atoms with Crippen LogP contribution in [0.5, 0.6) is 0 Å². The molecule has 1 N–H and O–H groups in total. The van der Waals surface area contributed by atoms with E-state index in [0.717, 1.165) is 8.95 Å². The molecule has 2 rings (SSSR count). The fraction of sp³-hybridized carbons (Fsp3) is 0.0714. The van der Waals surface area contributed by atoms with E-state index in [1.54, 1.807) is 24.3 Å². The molecule has 0 aliphatic carbocycles. The van der Waals surface area contributed by atoms with E-state index in [4.69, 9.17) is 0 Å². The predicted molar refractivity (Wildman–Crippen MR) is 79.4 cm³/mol. The van der Waals surface area contributed by atoms with Gasteiger partial charge in [-0.3, -0.25) is 4.79 Å². The summed E-state index contributed by atoms with van der Waals surface area (Å²) in [6.45, 7) is 0.268. The highest BCUT2D eigenvalue weighted by molar-refractivity contribution is 9.10. The Labute approximate surface area is 127 Å².